The average molecular weight is 392 g/mol. The summed E-state index contributed by atoms with van der Waals surface area (Å²) in [5.41, 5.74) is 9.69. The van der Waals surface area contributed by atoms with Crippen molar-refractivity contribution in [3.05, 3.63) is 82.4 Å². The van der Waals surface area contributed by atoms with Crippen molar-refractivity contribution in [2.75, 3.05) is 0 Å². The second-order valence-electron chi connectivity index (χ2n) is 6.75. The van der Waals surface area contributed by atoms with Gasteiger partial charge in [-0.25, -0.2) is 0 Å². The summed E-state index contributed by atoms with van der Waals surface area (Å²) in [5, 5.41) is 0. The zero-order valence-corrected chi connectivity index (χ0v) is 17.1. The fourth-order valence-corrected chi connectivity index (χ4v) is 10.3. The van der Waals surface area contributed by atoms with Crippen LogP contribution in [0.15, 0.2) is 54.6 Å². The molecule has 0 heterocycles. The first-order chi connectivity index (χ1) is 11.6. The zero-order valence-electron chi connectivity index (χ0n) is 14.3. The average Bonchev–Trinajstić information content (AvgIpc) is 2.92. The second kappa shape index (κ2) is 6.09. The van der Waals surface area contributed by atoms with Crippen LogP contribution in [0, 0.1) is 20.8 Å². The number of rotatable bonds is 2. The molecule has 0 aliphatic heterocycles. The summed E-state index contributed by atoms with van der Waals surface area (Å²) in [5.74, 6) is 0. The molecular formula is C22H20ClGe. The predicted octanol–water partition coefficient (Wildman–Crippen LogP) is 4.53. The zero-order chi connectivity index (χ0) is 16.8. The molecule has 0 aromatic heterocycles. The molecule has 0 amide bonds. The van der Waals surface area contributed by atoms with Gasteiger partial charge in [0.25, 0.3) is 0 Å². The van der Waals surface area contributed by atoms with Crippen molar-refractivity contribution in [3.63, 3.8) is 0 Å². The van der Waals surface area contributed by atoms with Crippen molar-refractivity contribution in [1.82, 2.24) is 0 Å². The Balaban J connectivity index is 1.85. The van der Waals surface area contributed by atoms with Gasteiger partial charge in [-0.3, -0.25) is 0 Å². The van der Waals surface area contributed by atoms with Crippen LogP contribution >= 0.6 is 10.0 Å². The maximum absolute atomic E-state index is 7.19. The van der Waals surface area contributed by atoms with Gasteiger partial charge in [0.15, 0.2) is 0 Å². The van der Waals surface area contributed by atoms with Gasteiger partial charge in [0.05, 0.1) is 0 Å². The monoisotopic (exact) mass is 393 g/mol. The fraction of sp³-hybridized carbons (Fsp3) is 0.182. The third kappa shape index (κ3) is 2.53. The van der Waals surface area contributed by atoms with Gasteiger partial charge in [0, 0.05) is 0 Å². The minimum absolute atomic E-state index is 1.02. The summed E-state index contributed by atoms with van der Waals surface area (Å²) in [6.07, 6.45) is 1.02. The molecule has 1 aliphatic rings. The van der Waals surface area contributed by atoms with Gasteiger partial charge >= 0.3 is 153 Å². The number of aryl methyl sites for hydroxylation is 3. The Morgan fingerprint density at radius 1 is 0.833 bits per heavy atom. The Kier molecular flexibility index (Phi) is 4.06. The van der Waals surface area contributed by atoms with Crippen LogP contribution < -0.4 is 8.79 Å². The van der Waals surface area contributed by atoms with Gasteiger partial charge in [-0.05, 0) is 0 Å². The summed E-state index contributed by atoms with van der Waals surface area (Å²) in [6.45, 7) is 6.58. The fourth-order valence-electron chi connectivity index (χ4n) is 4.02. The van der Waals surface area contributed by atoms with E-state index in [9.17, 15) is 0 Å². The van der Waals surface area contributed by atoms with E-state index >= 15 is 0 Å². The van der Waals surface area contributed by atoms with E-state index in [0.29, 0.717) is 0 Å². The minimum atomic E-state index is -2.05. The second-order valence-corrected chi connectivity index (χ2v) is 12.2. The van der Waals surface area contributed by atoms with E-state index in [2.05, 4.69) is 75.4 Å². The molecule has 0 nitrogen and oxygen atoms in total. The summed E-state index contributed by atoms with van der Waals surface area (Å²) >= 11 is -2.05. The van der Waals surface area contributed by atoms with Gasteiger partial charge in [-0.15, -0.1) is 0 Å². The van der Waals surface area contributed by atoms with Gasteiger partial charge in [0.1, 0.15) is 0 Å². The van der Waals surface area contributed by atoms with Crippen LogP contribution in [0.1, 0.15) is 27.8 Å². The van der Waals surface area contributed by atoms with Crippen LogP contribution in [0.3, 0.4) is 0 Å². The first-order valence-electron chi connectivity index (χ1n) is 8.37. The molecule has 0 saturated carbocycles. The number of hydrogen-bond acceptors (Lipinski definition) is 0. The molecule has 0 N–H and O–H groups in total. The van der Waals surface area contributed by atoms with Crippen molar-refractivity contribution in [1.29, 1.82) is 0 Å². The van der Waals surface area contributed by atoms with Crippen molar-refractivity contribution >= 4 is 32.2 Å². The molecule has 3 aromatic rings. The molecule has 2 heteroatoms. The first-order valence-corrected chi connectivity index (χ1v) is 13.2. The topological polar surface area (TPSA) is 0 Å². The summed E-state index contributed by atoms with van der Waals surface area (Å²) in [4.78, 5) is 0. The van der Waals surface area contributed by atoms with Crippen molar-refractivity contribution in [2.45, 2.75) is 27.2 Å². The summed E-state index contributed by atoms with van der Waals surface area (Å²) < 4.78 is 2.84. The number of benzene rings is 3. The molecule has 0 spiro atoms. The molecule has 4 rings (SSSR count). The van der Waals surface area contributed by atoms with Crippen LogP contribution in [0.25, 0.3) is 11.1 Å². The summed E-state index contributed by atoms with van der Waals surface area (Å²) in [7, 11) is 7.19. The molecule has 1 radical (unpaired) electrons. The molecule has 0 bridgehead atoms. The molecule has 0 fully saturated rings. The van der Waals surface area contributed by atoms with E-state index in [0.717, 1.165) is 6.42 Å². The van der Waals surface area contributed by atoms with Crippen LogP contribution in [0.4, 0.5) is 0 Å². The van der Waals surface area contributed by atoms with E-state index in [1.165, 1.54) is 47.7 Å². The van der Waals surface area contributed by atoms with E-state index < -0.39 is 13.4 Å². The molecular weight excluding hydrogens is 372 g/mol. The first kappa shape index (κ1) is 16.0. The van der Waals surface area contributed by atoms with Crippen LogP contribution in [-0.2, 0) is 6.42 Å². The van der Waals surface area contributed by atoms with Crippen molar-refractivity contribution in [3.8, 4) is 11.1 Å². The molecule has 0 atom stereocenters. The molecule has 119 valence electrons. The predicted molar refractivity (Wildman–Crippen MR) is 106 cm³/mol. The van der Waals surface area contributed by atoms with Gasteiger partial charge in [0.2, 0.25) is 0 Å². The number of hydrogen-bond donors (Lipinski definition) is 0. The SMILES string of the molecule is Cc1cc(C)[c]([Ge]([Cl])[c]2cccc3c2Cc2ccccc2-3)c(C)c1. The number of halogens is 1. The van der Waals surface area contributed by atoms with E-state index in [1.54, 1.807) is 0 Å². The standard InChI is InChI=1S/C22H20ClGe/c1-14-11-15(2)22(16(3)12-14)24(23)21-10-6-9-19-18-8-5-4-7-17(18)13-20(19)21/h4-12H,13H2,1-3H3. The molecule has 0 saturated heterocycles. The molecule has 24 heavy (non-hydrogen) atoms. The normalized spacial score (nSPS) is 12.4. The third-order valence-corrected chi connectivity index (χ3v) is 11.6. The van der Waals surface area contributed by atoms with Crippen LogP contribution in [0.5, 0.6) is 0 Å². The van der Waals surface area contributed by atoms with E-state index in [-0.39, 0.29) is 0 Å². The van der Waals surface area contributed by atoms with Crippen LogP contribution in [0.2, 0.25) is 0 Å². The van der Waals surface area contributed by atoms with Gasteiger partial charge in [-0.2, -0.15) is 0 Å². The van der Waals surface area contributed by atoms with E-state index in [4.69, 9.17) is 10.0 Å². The Labute approximate surface area is 152 Å². The van der Waals surface area contributed by atoms with Crippen molar-refractivity contribution < 1.29 is 0 Å². The van der Waals surface area contributed by atoms with Gasteiger partial charge < -0.3 is 0 Å². The Morgan fingerprint density at radius 2 is 1.50 bits per heavy atom. The van der Waals surface area contributed by atoms with Crippen molar-refractivity contribution in [2.24, 2.45) is 0 Å². The molecule has 3 aromatic carbocycles. The molecule has 1 aliphatic carbocycles. The Hall–Kier alpha value is -1.51. The molecule has 0 unspecified atom stereocenters. The Morgan fingerprint density at radius 3 is 2.25 bits per heavy atom. The maximum atomic E-state index is 7.19. The van der Waals surface area contributed by atoms with E-state index in [1.807, 2.05) is 0 Å². The third-order valence-electron chi connectivity index (χ3n) is 4.98. The van der Waals surface area contributed by atoms with Gasteiger partial charge in [-0.1, -0.05) is 0 Å². The summed E-state index contributed by atoms with van der Waals surface area (Å²) in [6, 6.07) is 20.0. The quantitative estimate of drug-likeness (QED) is 0.440. The van der Waals surface area contributed by atoms with Crippen LogP contribution in [-0.4, -0.2) is 13.4 Å². The number of fused-ring (bicyclic) bond motifs is 3. The Bertz CT molecular complexity index is 919.